The van der Waals surface area contributed by atoms with Crippen molar-refractivity contribution in [3.8, 4) is 0 Å². The maximum absolute atomic E-state index is 11.5. The Morgan fingerprint density at radius 2 is 2.05 bits per heavy atom. The van der Waals surface area contributed by atoms with E-state index in [4.69, 9.17) is 14.6 Å². The van der Waals surface area contributed by atoms with Gasteiger partial charge in [0.2, 0.25) is 0 Å². The van der Waals surface area contributed by atoms with Crippen LogP contribution >= 0.6 is 0 Å². The van der Waals surface area contributed by atoms with Gasteiger partial charge in [-0.05, 0) is 31.4 Å². The average molecular weight is 264 g/mol. The molecule has 0 bridgehead atoms. The Kier molecular flexibility index (Phi) is 7.54. The fourth-order valence-corrected chi connectivity index (χ4v) is 1.43. The van der Waals surface area contributed by atoms with E-state index in [9.17, 15) is 4.79 Å². The number of hydrogen-bond donors (Lipinski definition) is 1. The lowest BCUT2D eigenvalue weighted by molar-refractivity contribution is -0.168. The minimum Gasteiger partial charge on any atom is -0.433 e. The van der Waals surface area contributed by atoms with E-state index >= 15 is 0 Å². The van der Waals surface area contributed by atoms with Crippen LogP contribution in [0.1, 0.15) is 25.3 Å². The number of benzene rings is 1. The largest absolute Gasteiger partial charge is 0.433 e. The van der Waals surface area contributed by atoms with E-state index in [2.05, 4.69) is 0 Å². The fraction of sp³-hybridized carbons (Fsp3) is 0.400. The standard InChI is InChI=1S/C15H20O4/c1-13(18-12-6-5-11-16)19-15(17)10-9-14-7-3-2-4-8-14/h2-4,7-10,13,16H,5-6,11-12H2,1H3/b10-9+. The van der Waals surface area contributed by atoms with Gasteiger partial charge in [-0.3, -0.25) is 0 Å². The monoisotopic (exact) mass is 264 g/mol. The topological polar surface area (TPSA) is 55.8 Å². The van der Waals surface area contributed by atoms with Crippen molar-refractivity contribution in [1.82, 2.24) is 0 Å². The van der Waals surface area contributed by atoms with E-state index in [-0.39, 0.29) is 6.61 Å². The second kappa shape index (κ2) is 9.30. The summed E-state index contributed by atoms with van der Waals surface area (Å²) in [7, 11) is 0. The van der Waals surface area contributed by atoms with Gasteiger partial charge >= 0.3 is 5.97 Å². The summed E-state index contributed by atoms with van der Waals surface area (Å²) in [5, 5.41) is 8.61. The van der Waals surface area contributed by atoms with Crippen LogP contribution in [-0.2, 0) is 14.3 Å². The Morgan fingerprint density at radius 3 is 2.74 bits per heavy atom. The maximum atomic E-state index is 11.5. The molecule has 1 rings (SSSR count). The van der Waals surface area contributed by atoms with Gasteiger partial charge in [-0.15, -0.1) is 0 Å². The van der Waals surface area contributed by atoms with Crippen LogP contribution in [0.2, 0.25) is 0 Å². The van der Waals surface area contributed by atoms with Gasteiger partial charge in [0.25, 0.3) is 0 Å². The number of carbonyl (C=O) groups excluding carboxylic acids is 1. The first kappa shape index (κ1) is 15.4. The first-order chi connectivity index (χ1) is 9.22. The van der Waals surface area contributed by atoms with Crippen molar-refractivity contribution in [2.45, 2.75) is 26.1 Å². The normalized spacial score (nSPS) is 12.5. The van der Waals surface area contributed by atoms with Gasteiger partial charge < -0.3 is 14.6 Å². The number of esters is 1. The van der Waals surface area contributed by atoms with E-state index < -0.39 is 12.3 Å². The first-order valence-electron chi connectivity index (χ1n) is 6.38. The molecule has 0 spiro atoms. The summed E-state index contributed by atoms with van der Waals surface area (Å²) in [4.78, 5) is 11.5. The lowest BCUT2D eigenvalue weighted by Crippen LogP contribution is -2.17. The highest BCUT2D eigenvalue weighted by Crippen LogP contribution is 2.03. The van der Waals surface area contributed by atoms with Crippen LogP contribution in [0.15, 0.2) is 36.4 Å². The number of unbranched alkanes of at least 4 members (excludes halogenated alkanes) is 1. The molecule has 104 valence electrons. The van der Waals surface area contributed by atoms with Gasteiger partial charge in [0.1, 0.15) is 0 Å². The van der Waals surface area contributed by atoms with Crippen molar-refractivity contribution in [3.63, 3.8) is 0 Å². The molecule has 0 fully saturated rings. The molecule has 1 aromatic rings. The van der Waals surface area contributed by atoms with E-state index in [1.54, 1.807) is 13.0 Å². The van der Waals surface area contributed by atoms with Crippen molar-refractivity contribution >= 4 is 12.0 Å². The molecular weight excluding hydrogens is 244 g/mol. The molecule has 0 amide bonds. The fourth-order valence-electron chi connectivity index (χ4n) is 1.43. The zero-order valence-electron chi connectivity index (χ0n) is 11.1. The van der Waals surface area contributed by atoms with Gasteiger partial charge in [-0.25, -0.2) is 4.79 Å². The van der Waals surface area contributed by atoms with Crippen molar-refractivity contribution in [2.24, 2.45) is 0 Å². The molecule has 1 unspecified atom stereocenters. The smallest absolute Gasteiger partial charge is 0.333 e. The molecule has 19 heavy (non-hydrogen) atoms. The van der Waals surface area contributed by atoms with Gasteiger partial charge in [-0.1, -0.05) is 30.3 Å². The molecule has 0 aliphatic carbocycles. The average Bonchev–Trinajstić information content (AvgIpc) is 2.42. The zero-order chi connectivity index (χ0) is 13.9. The highest BCUT2D eigenvalue weighted by molar-refractivity contribution is 5.87. The maximum Gasteiger partial charge on any atom is 0.333 e. The minimum atomic E-state index is -0.577. The van der Waals surface area contributed by atoms with Crippen LogP contribution in [0, 0.1) is 0 Å². The number of hydrogen-bond acceptors (Lipinski definition) is 4. The SMILES string of the molecule is CC(OCCCCO)OC(=O)/C=C/c1ccccc1. The Balaban J connectivity index is 2.25. The number of aliphatic hydroxyl groups excluding tert-OH is 1. The molecule has 0 saturated heterocycles. The van der Waals surface area contributed by atoms with E-state index in [0.717, 1.165) is 12.0 Å². The van der Waals surface area contributed by atoms with Crippen LogP contribution in [0.5, 0.6) is 0 Å². The predicted molar refractivity (Wildman–Crippen MR) is 73.3 cm³/mol. The number of rotatable bonds is 8. The van der Waals surface area contributed by atoms with Crippen LogP contribution in [0.25, 0.3) is 6.08 Å². The van der Waals surface area contributed by atoms with Crippen LogP contribution in [0.4, 0.5) is 0 Å². The molecule has 4 heteroatoms. The molecular formula is C15H20O4. The Morgan fingerprint density at radius 1 is 1.32 bits per heavy atom. The summed E-state index contributed by atoms with van der Waals surface area (Å²) in [6.07, 6.45) is 3.93. The van der Waals surface area contributed by atoms with E-state index in [1.165, 1.54) is 6.08 Å². The molecule has 1 N–H and O–H groups in total. The van der Waals surface area contributed by atoms with Crippen molar-refractivity contribution < 1.29 is 19.4 Å². The Labute approximate surface area is 113 Å². The Hall–Kier alpha value is -1.65. The molecule has 0 aliphatic heterocycles. The van der Waals surface area contributed by atoms with Crippen LogP contribution < -0.4 is 0 Å². The number of carbonyl (C=O) groups is 1. The summed E-state index contributed by atoms with van der Waals surface area (Å²) >= 11 is 0. The second-order valence-corrected chi connectivity index (χ2v) is 4.05. The summed E-state index contributed by atoms with van der Waals surface area (Å²) in [6.45, 7) is 2.29. The van der Waals surface area contributed by atoms with Crippen LogP contribution in [-0.4, -0.2) is 30.6 Å². The van der Waals surface area contributed by atoms with Crippen molar-refractivity contribution in [2.75, 3.05) is 13.2 Å². The summed E-state index contributed by atoms with van der Waals surface area (Å²) in [5.74, 6) is -0.432. The molecule has 0 saturated carbocycles. The molecule has 0 aromatic heterocycles. The lowest BCUT2D eigenvalue weighted by atomic mass is 10.2. The lowest BCUT2D eigenvalue weighted by Gasteiger charge is -2.12. The summed E-state index contributed by atoms with van der Waals surface area (Å²) in [5.41, 5.74) is 0.941. The van der Waals surface area contributed by atoms with E-state index in [1.807, 2.05) is 30.3 Å². The highest BCUT2D eigenvalue weighted by Gasteiger charge is 2.06. The van der Waals surface area contributed by atoms with Crippen molar-refractivity contribution in [1.29, 1.82) is 0 Å². The van der Waals surface area contributed by atoms with Crippen molar-refractivity contribution in [3.05, 3.63) is 42.0 Å². The summed E-state index contributed by atoms with van der Waals surface area (Å²) in [6, 6.07) is 9.52. The van der Waals surface area contributed by atoms with Crippen LogP contribution in [0.3, 0.4) is 0 Å². The molecule has 0 radical (unpaired) electrons. The number of ether oxygens (including phenoxy) is 2. The van der Waals surface area contributed by atoms with Gasteiger partial charge in [0.15, 0.2) is 6.29 Å². The third-order valence-corrected chi connectivity index (χ3v) is 2.40. The van der Waals surface area contributed by atoms with Gasteiger partial charge in [0.05, 0.1) is 6.61 Å². The van der Waals surface area contributed by atoms with E-state index in [0.29, 0.717) is 13.0 Å². The molecule has 1 aromatic carbocycles. The quantitative estimate of drug-likeness (QED) is 0.339. The molecule has 0 aliphatic rings. The Bertz CT molecular complexity index is 386. The third kappa shape index (κ3) is 7.39. The first-order valence-corrected chi connectivity index (χ1v) is 6.38. The molecule has 1 atom stereocenters. The van der Waals surface area contributed by atoms with Gasteiger partial charge in [-0.2, -0.15) is 0 Å². The number of aliphatic hydroxyl groups is 1. The zero-order valence-corrected chi connectivity index (χ0v) is 11.1. The molecule has 4 nitrogen and oxygen atoms in total. The highest BCUT2D eigenvalue weighted by atomic mass is 16.7. The molecule has 0 heterocycles. The predicted octanol–water partition coefficient (Wildman–Crippen LogP) is 2.38. The van der Waals surface area contributed by atoms with Gasteiger partial charge in [0, 0.05) is 12.7 Å². The third-order valence-electron chi connectivity index (χ3n) is 2.40. The minimum absolute atomic E-state index is 0.150. The summed E-state index contributed by atoms with van der Waals surface area (Å²) < 4.78 is 10.3. The second-order valence-electron chi connectivity index (χ2n) is 4.05.